The van der Waals surface area contributed by atoms with E-state index in [1.807, 2.05) is 0 Å². The number of hydrogen-bond donors (Lipinski definition) is 1. The number of rotatable bonds is 5. The highest BCUT2D eigenvalue weighted by Crippen LogP contribution is 2.29. The van der Waals surface area contributed by atoms with Crippen molar-refractivity contribution in [2.24, 2.45) is 5.73 Å². The molecule has 22 heavy (non-hydrogen) atoms. The fraction of sp³-hybridized carbons (Fsp3) is 0.176. The van der Waals surface area contributed by atoms with Gasteiger partial charge in [0.1, 0.15) is 5.75 Å². The summed E-state index contributed by atoms with van der Waals surface area (Å²) in [4.78, 5) is 0.427. The van der Waals surface area contributed by atoms with Crippen LogP contribution >= 0.6 is 0 Å². The van der Waals surface area contributed by atoms with E-state index in [0.717, 1.165) is 0 Å². The Balaban J connectivity index is 2.39. The van der Waals surface area contributed by atoms with Crippen LogP contribution in [0.25, 0.3) is 0 Å². The van der Waals surface area contributed by atoms with Crippen LogP contribution < -0.4 is 10.5 Å². The fourth-order valence-corrected chi connectivity index (χ4v) is 3.78. The minimum absolute atomic E-state index is 0.184. The maximum Gasteiger partial charge on any atom is 0.204 e. The molecule has 0 saturated carbocycles. The Labute approximate surface area is 131 Å². The van der Waals surface area contributed by atoms with E-state index in [1.165, 1.54) is 0 Å². The van der Waals surface area contributed by atoms with Gasteiger partial charge in [0, 0.05) is 0 Å². The van der Waals surface area contributed by atoms with Crippen molar-refractivity contribution >= 4 is 9.84 Å². The van der Waals surface area contributed by atoms with Gasteiger partial charge in [0.2, 0.25) is 9.84 Å². The molecule has 0 bridgehead atoms. The number of nitrogens with two attached hydrogens (primary N) is 1. The molecule has 5 heteroatoms. The molecule has 2 N–H and O–H groups in total. The third kappa shape index (κ3) is 3.21. The van der Waals surface area contributed by atoms with Gasteiger partial charge in [0.15, 0.2) is 0 Å². The third-order valence-electron chi connectivity index (χ3n) is 3.43. The first kappa shape index (κ1) is 16.3. The standard InChI is InChI=1S/C17H19NO3S/c1-3-16(22(19,20)15-7-5-4-6-8-15)17(18)13-9-11-14(21-2)12-10-13/h3-12,17H,18H2,1-2H3/b16-3-/t17-/m1/s1. The highest BCUT2D eigenvalue weighted by atomic mass is 32.2. The van der Waals surface area contributed by atoms with Crippen LogP contribution in [-0.2, 0) is 9.84 Å². The van der Waals surface area contributed by atoms with E-state index in [9.17, 15) is 8.42 Å². The summed E-state index contributed by atoms with van der Waals surface area (Å²) in [6.07, 6.45) is 1.55. The lowest BCUT2D eigenvalue weighted by molar-refractivity contribution is 0.414. The minimum Gasteiger partial charge on any atom is -0.497 e. The molecule has 0 aromatic heterocycles. The Kier molecular flexibility index (Phi) is 5.00. The number of ether oxygens (including phenoxy) is 1. The maximum absolute atomic E-state index is 12.7. The van der Waals surface area contributed by atoms with Crippen LogP contribution in [0.2, 0.25) is 0 Å². The van der Waals surface area contributed by atoms with Crippen molar-refractivity contribution in [2.75, 3.05) is 7.11 Å². The molecule has 116 valence electrons. The highest BCUT2D eigenvalue weighted by Gasteiger charge is 2.26. The van der Waals surface area contributed by atoms with Crippen LogP contribution in [-0.4, -0.2) is 15.5 Å². The zero-order valence-corrected chi connectivity index (χ0v) is 13.4. The normalized spacial score (nSPS) is 13.7. The molecular formula is C17H19NO3S. The van der Waals surface area contributed by atoms with E-state index in [1.54, 1.807) is 74.7 Å². The number of methoxy groups -OCH3 is 1. The Morgan fingerprint density at radius 3 is 2.18 bits per heavy atom. The van der Waals surface area contributed by atoms with Gasteiger partial charge in [-0.05, 0) is 36.8 Å². The molecule has 4 nitrogen and oxygen atoms in total. The quantitative estimate of drug-likeness (QED) is 0.920. The summed E-state index contributed by atoms with van der Waals surface area (Å²) in [5.74, 6) is 0.698. The van der Waals surface area contributed by atoms with Gasteiger partial charge in [-0.3, -0.25) is 0 Å². The molecule has 0 fully saturated rings. The van der Waals surface area contributed by atoms with E-state index in [0.29, 0.717) is 11.3 Å². The van der Waals surface area contributed by atoms with Crippen molar-refractivity contribution in [3.63, 3.8) is 0 Å². The van der Waals surface area contributed by atoms with Crippen LogP contribution in [0, 0.1) is 0 Å². The van der Waals surface area contributed by atoms with Crippen molar-refractivity contribution in [3.8, 4) is 5.75 Å². The average molecular weight is 317 g/mol. The summed E-state index contributed by atoms with van der Waals surface area (Å²) in [5, 5.41) is 0. The lowest BCUT2D eigenvalue weighted by atomic mass is 10.1. The summed E-state index contributed by atoms with van der Waals surface area (Å²) in [5.41, 5.74) is 6.89. The Morgan fingerprint density at radius 2 is 1.68 bits per heavy atom. The summed E-state index contributed by atoms with van der Waals surface area (Å²) in [7, 11) is -2.03. The molecule has 0 spiro atoms. The number of hydrogen-bond acceptors (Lipinski definition) is 4. The third-order valence-corrected chi connectivity index (χ3v) is 5.43. The van der Waals surface area contributed by atoms with Crippen LogP contribution in [0.4, 0.5) is 0 Å². The van der Waals surface area contributed by atoms with Crippen LogP contribution in [0.3, 0.4) is 0 Å². The number of sulfone groups is 1. The summed E-state index contributed by atoms with van der Waals surface area (Å²) >= 11 is 0. The van der Waals surface area contributed by atoms with Gasteiger partial charge in [-0.15, -0.1) is 0 Å². The minimum atomic E-state index is -3.61. The van der Waals surface area contributed by atoms with E-state index >= 15 is 0 Å². The molecule has 2 aromatic carbocycles. The monoisotopic (exact) mass is 317 g/mol. The van der Waals surface area contributed by atoms with Gasteiger partial charge in [-0.2, -0.15) is 0 Å². The van der Waals surface area contributed by atoms with Crippen molar-refractivity contribution in [1.82, 2.24) is 0 Å². The van der Waals surface area contributed by atoms with E-state index in [2.05, 4.69) is 0 Å². The zero-order valence-electron chi connectivity index (χ0n) is 12.6. The number of allylic oxidation sites excluding steroid dienone is 1. The molecule has 0 aliphatic carbocycles. The summed E-state index contributed by atoms with van der Waals surface area (Å²) in [6.45, 7) is 1.68. The van der Waals surface area contributed by atoms with Crippen LogP contribution in [0.15, 0.2) is 70.5 Å². The summed E-state index contributed by atoms with van der Waals surface area (Å²) in [6, 6.07) is 14.6. The molecule has 2 rings (SSSR count). The molecular weight excluding hydrogens is 298 g/mol. The largest absolute Gasteiger partial charge is 0.497 e. The molecule has 2 aromatic rings. The first-order chi connectivity index (χ1) is 10.5. The van der Waals surface area contributed by atoms with Crippen molar-refractivity contribution < 1.29 is 13.2 Å². The van der Waals surface area contributed by atoms with Crippen molar-refractivity contribution in [3.05, 3.63) is 71.1 Å². The zero-order chi connectivity index (χ0) is 16.2. The highest BCUT2D eigenvalue weighted by molar-refractivity contribution is 7.95. The second-order valence-corrected chi connectivity index (χ2v) is 6.71. The molecule has 0 radical (unpaired) electrons. The van der Waals surface area contributed by atoms with E-state index in [4.69, 9.17) is 10.5 Å². The molecule has 0 aliphatic rings. The SMILES string of the molecule is C/C=C(/[C@H](N)c1ccc(OC)cc1)S(=O)(=O)c1ccccc1. The van der Waals surface area contributed by atoms with Crippen molar-refractivity contribution in [2.45, 2.75) is 17.9 Å². The Hall–Kier alpha value is -2.11. The summed E-state index contributed by atoms with van der Waals surface area (Å²) < 4.78 is 30.6. The fourth-order valence-electron chi connectivity index (χ4n) is 2.21. The predicted octanol–water partition coefficient (Wildman–Crippen LogP) is 3.07. The van der Waals surface area contributed by atoms with Crippen molar-refractivity contribution in [1.29, 1.82) is 0 Å². The lowest BCUT2D eigenvalue weighted by Crippen LogP contribution is -2.20. The average Bonchev–Trinajstić information content (AvgIpc) is 2.56. The topological polar surface area (TPSA) is 69.4 Å². The Bertz CT molecular complexity index is 750. The number of benzene rings is 2. The second-order valence-electron chi connectivity index (χ2n) is 4.76. The molecule has 0 aliphatic heterocycles. The molecule has 0 unspecified atom stereocenters. The Morgan fingerprint density at radius 1 is 1.09 bits per heavy atom. The van der Waals surface area contributed by atoms with Gasteiger partial charge in [0.05, 0.1) is 23.0 Å². The molecule has 0 heterocycles. The van der Waals surface area contributed by atoms with Crippen LogP contribution in [0.1, 0.15) is 18.5 Å². The second kappa shape index (κ2) is 6.77. The van der Waals surface area contributed by atoms with Crippen LogP contribution in [0.5, 0.6) is 5.75 Å². The lowest BCUT2D eigenvalue weighted by Gasteiger charge is -2.17. The predicted molar refractivity (Wildman–Crippen MR) is 87.3 cm³/mol. The van der Waals surface area contributed by atoms with E-state index < -0.39 is 15.9 Å². The van der Waals surface area contributed by atoms with Gasteiger partial charge < -0.3 is 10.5 Å². The van der Waals surface area contributed by atoms with Gasteiger partial charge >= 0.3 is 0 Å². The first-order valence-electron chi connectivity index (χ1n) is 6.86. The van der Waals surface area contributed by atoms with E-state index in [-0.39, 0.29) is 9.80 Å². The maximum atomic E-state index is 12.7. The van der Waals surface area contributed by atoms with Gasteiger partial charge in [-0.25, -0.2) is 8.42 Å². The van der Waals surface area contributed by atoms with Gasteiger partial charge in [-0.1, -0.05) is 36.4 Å². The smallest absolute Gasteiger partial charge is 0.204 e. The first-order valence-corrected chi connectivity index (χ1v) is 8.35. The molecule has 0 amide bonds. The van der Waals surface area contributed by atoms with Gasteiger partial charge in [0.25, 0.3) is 0 Å². The molecule has 1 atom stereocenters. The molecule has 0 saturated heterocycles.